The molecule has 33 heavy (non-hydrogen) atoms. The second-order valence-electron chi connectivity index (χ2n) is 6.89. The van der Waals surface area contributed by atoms with E-state index in [-0.39, 0.29) is 13.2 Å². The molecule has 1 aromatic heterocycles. The van der Waals surface area contributed by atoms with Crippen LogP contribution in [0.4, 0.5) is 11.5 Å². The van der Waals surface area contributed by atoms with Gasteiger partial charge < -0.3 is 34.7 Å². The van der Waals surface area contributed by atoms with E-state index in [9.17, 15) is 9.90 Å². The summed E-state index contributed by atoms with van der Waals surface area (Å²) in [6.07, 6.45) is 0.614. The van der Waals surface area contributed by atoms with E-state index in [1.165, 1.54) is 14.2 Å². The predicted molar refractivity (Wildman–Crippen MR) is 124 cm³/mol. The highest BCUT2D eigenvalue weighted by molar-refractivity contribution is 5.99. The summed E-state index contributed by atoms with van der Waals surface area (Å²) in [5, 5.41) is 16.2. The smallest absolute Gasteiger partial charge is 0.255 e. The van der Waals surface area contributed by atoms with Crippen LogP contribution in [0, 0.1) is 0 Å². The number of aliphatic hydroxyl groups excluding tert-OH is 1. The van der Waals surface area contributed by atoms with E-state index in [4.69, 9.17) is 18.9 Å². The van der Waals surface area contributed by atoms with Crippen LogP contribution in [-0.4, -0.2) is 56.6 Å². The van der Waals surface area contributed by atoms with Gasteiger partial charge in [0.1, 0.15) is 24.3 Å². The molecule has 0 saturated heterocycles. The van der Waals surface area contributed by atoms with E-state index >= 15 is 0 Å². The van der Waals surface area contributed by atoms with Crippen LogP contribution in [0.3, 0.4) is 0 Å². The second kappa shape index (κ2) is 11.6. The van der Waals surface area contributed by atoms with Crippen molar-refractivity contribution in [2.45, 2.75) is 6.10 Å². The summed E-state index contributed by atoms with van der Waals surface area (Å²) in [5.41, 5.74) is 0.995. The number of carbonyl (C=O) groups excluding carboxylic acids is 1. The molecular weight excluding hydrogens is 426 g/mol. The van der Waals surface area contributed by atoms with Gasteiger partial charge in [-0.05, 0) is 36.4 Å². The van der Waals surface area contributed by atoms with Gasteiger partial charge in [-0.15, -0.1) is 0 Å². The van der Waals surface area contributed by atoms with Gasteiger partial charge >= 0.3 is 0 Å². The molecule has 174 valence electrons. The number of rotatable bonds is 11. The molecule has 9 nitrogen and oxygen atoms in total. The maximum atomic E-state index is 12.8. The Hall–Kier alpha value is -3.98. The normalized spacial score (nSPS) is 11.3. The van der Waals surface area contributed by atoms with Gasteiger partial charge in [0, 0.05) is 12.7 Å². The summed E-state index contributed by atoms with van der Waals surface area (Å²) in [4.78, 5) is 17.0. The van der Waals surface area contributed by atoms with E-state index < -0.39 is 12.0 Å². The Labute approximate surface area is 192 Å². The number of aliphatic hydroxyl groups is 1. The van der Waals surface area contributed by atoms with Crippen LogP contribution in [-0.2, 0) is 0 Å². The van der Waals surface area contributed by atoms with Crippen LogP contribution in [0.2, 0.25) is 0 Å². The number of pyridine rings is 1. The Morgan fingerprint density at radius 2 is 1.61 bits per heavy atom. The maximum Gasteiger partial charge on any atom is 0.255 e. The molecule has 0 bridgehead atoms. The number of hydrogen-bond donors (Lipinski definition) is 3. The van der Waals surface area contributed by atoms with Gasteiger partial charge in [-0.1, -0.05) is 18.2 Å². The van der Waals surface area contributed by atoms with Crippen molar-refractivity contribution >= 4 is 17.4 Å². The number of methoxy groups -OCH3 is 3. The van der Waals surface area contributed by atoms with Gasteiger partial charge in [0.2, 0.25) is 5.75 Å². The summed E-state index contributed by atoms with van der Waals surface area (Å²) in [6, 6.07) is 15.8. The van der Waals surface area contributed by atoms with Crippen molar-refractivity contribution in [3.63, 3.8) is 0 Å². The zero-order valence-corrected chi connectivity index (χ0v) is 18.7. The van der Waals surface area contributed by atoms with Crippen LogP contribution < -0.4 is 29.6 Å². The van der Waals surface area contributed by atoms with Gasteiger partial charge in [-0.25, -0.2) is 4.98 Å². The first-order valence-electron chi connectivity index (χ1n) is 10.2. The lowest BCUT2D eigenvalue weighted by Crippen LogP contribution is -2.35. The standard InChI is InChI=1S/C24H27N3O6/c1-30-19-10-5-4-9-18(19)27-23-17(8-7-13-25-23)24(29)26-14-16(28)15-33-22-20(31-2)11-6-12-21(22)32-3/h4-13,16,28H,14-15H2,1-3H3,(H,25,27)(H,26,29). The Bertz CT molecular complexity index is 1050. The molecule has 3 aromatic rings. The highest BCUT2D eigenvalue weighted by Gasteiger charge is 2.17. The summed E-state index contributed by atoms with van der Waals surface area (Å²) in [5.74, 6) is 1.93. The van der Waals surface area contributed by atoms with Crippen LogP contribution in [0.1, 0.15) is 10.4 Å². The average molecular weight is 453 g/mol. The third-order valence-corrected chi connectivity index (χ3v) is 4.71. The number of ether oxygens (including phenoxy) is 4. The average Bonchev–Trinajstić information content (AvgIpc) is 2.86. The quantitative estimate of drug-likeness (QED) is 0.406. The Balaban J connectivity index is 1.61. The summed E-state index contributed by atoms with van der Waals surface area (Å²) >= 11 is 0. The van der Waals surface area contributed by atoms with E-state index in [2.05, 4.69) is 15.6 Å². The lowest BCUT2D eigenvalue weighted by atomic mass is 10.2. The molecule has 1 amide bonds. The fourth-order valence-corrected chi connectivity index (χ4v) is 3.07. The first-order chi connectivity index (χ1) is 16.1. The van der Waals surface area contributed by atoms with Crippen molar-refractivity contribution in [1.82, 2.24) is 10.3 Å². The molecule has 3 rings (SSSR count). The molecule has 0 saturated carbocycles. The molecule has 3 N–H and O–H groups in total. The minimum absolute atomic E-state index is 0.0285. The number of hydrogen-bond acceptors (Lipinski definition) is 8. The molecular formula is C24H27N3O6. The fourth-order valence-electron chi connectivity index (χ4n) is 3.07. The SMILES string of the molecule is COc1ccccc1Nc1ncccc1C(=O)NCC(O)COc1c(OC)cccc1OC. The highest BCUT2D eigenvalue weighted by atomic mass is 16.5. The molecule has 1 heterocycles. The molecule has 0 aliphatic carbocycles. The largest absolute Gasteiger partial charge is 0.495 e. The molecule has 0 aliphatic heterocycles. The van der Waals surface area contributed by atoms with Gasteiger partial charge in [-0.3, -0.25) is 4.79 Å². The number of aromatic nitrogens is 1. The number of anilines is 2. The van der Waals surface area contributed by atoms with Crippen molar-refractivity contribution < 1.29 is 28.8 Å². The van der Waals surface area contributed by atoms with Gasteiger partial charge in [0.05, 0.1) is 32.6 Å². The van der Waals surface area contributed by atoms with Crippen LogP contribution >= 0.6 is 0 Å². The van der Waals surface area contributed by atoms with Crippen LogP contribution in [0.5, 0.6) is 23.0 Å². The topological polar surface area (TPSA) is 111 Å². The number of nitrogens with one attached hydrogen (secondary N) is 2. The maximum absolute atomic E-state index is 12.8. The third kappa shape index (κ3) is 6.05. The van der Waals surface area contributed by atoms with Crippen LogP contribution in [0.25, 0.3) is 0 Å². The first-order valence-corrected chi connectivity index (χ1v) is 10.2. The zero-order valence-electron chi connectivity index (χ0n) is 18.7. The van der Waals surface area contributed by atoms with Crippen molar-refractivity contribution in [1.29, 1.82) is 0 Å². The highest BCUT2D eigenvalue weighted by Crippen LogP contribution is 2.36. The lowest BCUT2D eigenvalue weighted by Gasteiger charge is -2.17. The van der Waals surface area contributed by atoms with Crippen molar-refractivity contribution in [3.8, 4) is 23.0 Å². The summed E-state index contributed by atoms with van der Waals surface area (Å²) < 4.78 is 21.6. The minimum atomic E-state index is -0.967. The Morgan fingerprint density at radius 1 is 0.939 bits per heavy atom. The second-order valence-corrected chi connectivity index (χ2v) is 6.89. The predicted octanol–water partition coefficient (Wildman–Crippen LogP) is 3.02. The number of amides is 1. The molecule has 0 radical (unpaired) electrons. The molecule has 0 fully saturated rings. The summed E-state index contributed by atoms with van der Waals surface area (Å²) in [6.45, 7) is -0.102. The van der Waals surface area contributed by atoms with Crippen LogP contribution in [0.15, 0.2) is 60.8 Å². The molecule has 2 aromatic carbocycles. The van der Waals surface area contributed by atoms with Crippen molar-refractivity contribution in [2.24, 2.45) is 0 Å². The third-order valence-electron chi connectivity index (χ3n) is 4.71. The monoisotopic (exact) mass is 453 g/mol. The molecule has 0 aliphatic rings. The lowest BCUT2D eigenvalue weighted by molar-refractivity contribution is 0.0834. The van der Waals surface area contributed by atoms with Crippen molar-refractivity contribution in [2.75, 3.05) is 39.8 Å². The number of carbonyl (C=O) groups is 1. The number of benzene rings is 2. The zero-order chi connectivity index (χ0) is 23.6. The minimum Gasteiger partial charge on any atom is -0.495 e. The van der Waals surface area contributed by atoms with Gasteiger partial charge in [0.15, 0.2) is 11.5 Å². The van der Waals surface area contributed by atoms with E-state index in [0.29, 0.717) is 40.1 Å². The fraction of sp³-hybridized carbons (Fsp3) is 0.250. The molecule has 0 spiro atoms. The van der Waals surface area contributed by atoms with E-state index in [1.54, 1.807) is 49.7 Å². The summed E-state index contributed by atoms with van der Waals surface area (Å²) in [7, 11) is 4.60. The first kappa shape index (κ1) is 23.7. The van der Waals surface area contributed by atoms with E-state index in [1.807, 2.05) is 18.2 Å². The Kier molecular flexibility index (Phi) is 8.31. The number of para-hydroxylation sites is 3. The van der Waals surface area contributed by atoms with Gasteiger partial charge in [0.25, 0.3) is 5.91 Å². The van der Waals surface area contributed by atoms with Crippen molar-refractivity contribution in [3.05, 3.63) is 66.4 Å². The Morgan fingerprint density at radius 3 is 2.30 bits per heavy atom. The molecule has 1 atom stereocenters. The number of nitrogens with zero attached hydrogens (tertiary/aromatic N) is 1. The molecule has 1 unspecified atom stereocenters. The molecule has 9 heteroatoms. The van der Waals surface area contributed by atoms with E-state index in [0.717, 1.165) is 0 Å². The van der Waals surface area contributed by atoms with Gasteiger partial charge in [-0.2, -0.15) is 0 Å².